The summed E-state index contributed by atoms with van der Waals surface area (Å²) >= 11 is 0. The van der Waals surface area contributed by atoms with Crippen LogP contribution in [0, 0.1) is 0 Å². The van der Waals surface area contributed by atoms with E-state index in [1.54, 1.807) is 6.26 Å². The number of imidazole rings is 1. The highest BCUT2D eigenvalue weighted by Gasteiger charge is 2.08. The van der Waals surface area contributed by atoms with E-state index >= 15 is 0 Å². The fourth-order valence-corrected chi connectivity index (χ4v) is 2.24. The lowest BCUT2D eigenvalue weighted by molar-refractivity contribution is 0.412. The molecule has 3 aromatic heterocycles. The smallest absolute Gasteiger partial charge is 0.124 e. The van der Waals surface area contributed by atoms with Crippen molar-refractivity contribution >= 4 is 21.9 Å². The summed E-state index contributed by atoms with van der Waals surface area (Å²) in [4.78, 5) is 12.3. The summed E-state index contributed by atoms with van der Waals surface area (Å²) in [5.41, 5.74) is 3.70. The van der Waals surface area contributed by atoms with Gasteiger partial charge >= 0.3 is 0 Å². The van der Waals surface area contributed by atoms with Gasteiger partial charge in [0.2, 0.25) is 0 Å². The number of fused-ring (bicyclic) bond motifs is 3. The van der Waals surface area contributed by atoms with Crippen LogP contribution in [0.25, 0.3) is 21.9 Å². The number of hydrogen-bond acceptors (Lipinski definition) is 4. The average molecular weight is 250 g/mol. The zero-order valence-corrected chi connectivity index (χ0v) is 10.00. The Morgan fingerprint density at radius 1 is 1.16 bits per heavy atom. The number of pyridine rings is 1. The van der Waals surface area contributed by atoms with Gasteiger partial charge in [-0.2, -0.15) is 0 Å². The Kier molecular flexibility index (Phi) is 2.11. The molecule has 0 bridgehead atoms. The zero-order chi connectivity index (χ0) is 12.7. The molecule has 92 valence electrons. The maximum Gasteiger partial charge on any atom is 0.124 e. The molecule has 19 heavy (non-hydrogen) atoms. The van der Waals surface area contributed by atoms with Crippen LogP contribution < -0.4 is 0 Å². The van der Waals surface area contributed by atoms with Crippen molar-refractivity contribution in [2.24, 2.45) is 0 Å². The quantitative estimate of drug-likeness (QED) is 0.594. The van der Waals surface area contributed by atoms with Crippen molar-refractivity contribution in [3.8, 4) is 0 Å². The topological polar surface area (TPSA) is 67.6 Å². The molecule has 0 saturated carbocycles. The molecule has 0 radical (unpaired) electrons. The van der Waals surface area contributed by atoms with Gasteiger partial charge in [0.15, 0.2) is 0 Å². The summed E-state index contributed by atoms with van der Waals surface area (Å²) in [6, 6.07) is 9.83. The summed E-state index contributed by atoms with van der Waals surface area (Å²) in [6.45, 7) is 0. The minimum absolute atomic E-state index is 0.625. The van der Waals surface area contributed by atoms with E-state index in [0.717, 1.165) is 33.5 Å². The molecule has 0 fully saturated rings. The molecule has 4 aromatic rings. The fraction of sp³-hybridized carbons (Fsp3) is 0.0714. The fourth-order valence-electron chi connectivity index (χ4n) is 2.24. The van der Waals surface area contributed by atoms with Crippen LogP contribution in [0.2, 0.25) is 0 Å². The monoisotopic (exact) mass is 250 g/mol. The molecule has 4 rings (SSSR count). The van der Waals surface area contributed by atoms with Gasteiger partial charge in [0, 0.05) is 11.5 Å². The lowest BCUT2D eigenvalue weighted by Crippen LogP contribution is -1.89. The van der Waals surface area contributed by atoms with Crippen LogP contribution in [0.1, 0.15) is 11.5 Å². The van der Waals surface area contributed by atoms with Crippen LogP contribution in [0.15, 0.2) is 47.3 Å². The summed E-state index contributed by atoms with van der Waals surface area (Å²) in [5, 5.41) is 4.95. The zero-order valence-electron chi connectivity index (χ0n) is 10.00. The second kappa shape index (κ2) is 3.91. The molecule has 0 aliphatic heterocycles. The number of H-pyrrole nitrogens is 1. The number of nitrogens with one attached hydrogen (secondary N) is 1. The number of aromatic amines is 1. The van der Waals surface area contributed by atoms with Gasteiger partial charge in [0.25, 0.3) is 0 Å². The van der Waals surface area contributed by atoms with Gasteiger partial charge < -0.3 is 9.51 Å². The van der Waals surface area contributed by atoms with E-state index in [1.165, 1.54) is 0 Å². The van der Waals surface area contributed by atoms with E-state index < -0.39 is 0 Å². The van der Waals surface area contributed by atoms with Crippen molar-refractivity contribution in [3.63, 3.8) is 0 Å². The Balaban J connectivity index is 1.88. The Labute approximate surface area is 108 Å². The molecule has 0 saturated heterocycles. The van der Waals surface area contributed by atoms with Crippen molar-refractivity contribution < 1.29 is 4.52 Å². The summed E-state index contributed by atoms with van der Waals surface area (Å²) in [7, 11) is 0. The molecule has 5 nitrogen and oxygen atoms in total. The third-order valence-electron chi connectivity index (χ3n) is 3.11. The molecule has 0 aliphatic carbocycles. The van der Waals surface area contributed by atoms with E-state index in [2.05, 4.69) is 20.1 Å². The molecule has 0 unspecified atom stereocenters. The van der Waals surface area contributed by atoms with Crippen LogP contribution in [-0.4, -0.2) is 20.1 Å². The number of nitrogens with zero attached hydrogens (tertiary/aromatic N) is 3. The van der Waals surface area contributed by atoms with Gasteiger partial charge in [-0.15, -0.1) is 0 Å². The minimum atomic E-state index is 0.625. The summed E-state index contributed by atoms with van der Waals surface area (Å²) < 4.78 is 4.83. The van der Waals surface area contributed by atoms with Gasteiger partial charge in [0.05, 0.1) is 34.9 Å². The molecule has 1 N–H and O–H groups in total. The van der Waals surface area contributed by atoms with E-state index in [9.17, 15) is 0 Å². The molecule has 5 heteroatoms. The molecule has 0 aliphatic rings. The minimum Gasteiger partial charge on any atom is -0.364 e. The van der Waals surface area contributed by atoms with Crippen molar-refractivity contribution in [2.75, 3.05) is 0 Å². The predicted molar refractivity (Wildman–Crippen MR) is 70.7 cm³/mol. The number of aromatic nitrogens is 4. The van der Waals surface area contributed by atoms with Crippen molar-refractivity contribution in [3.05, 3.63) is 54.3 Å². The number of para-hydroxylation sites is 1. The van der Waals surface area contributed by atoms with Crippen molar-refractivity contribution in [1.82, 2.24) is 20.1 Å². The van der Waals surface area contributed by atoms with E-state index in [1.807, 2.05) is 36.5 Å². The first-order valence-electron chi connectivity index (χ1n) is 6.02. The molecule has 1 aromatic carbocycles. The van der Waals surface area contributed by atoms with E-state index in [4.69, 9.17) is 4.52 Å². The number of benzene rings is 1. The van der Waals surface area contributed by atoms with Gasteiger partial charge in [0.1, 0.15) is 12.1 Å². The maximum absolute atomic E-state index is 4.83. The van der Waals surface area contributed by atoms with E-state index in [0.29, 0.717) is 6.42 Å². The van der Waals surface area contributed by atoms with Crippen molar-refractivity contribution in [2.45, 2.75) is 6.42 Å². The van der Waals surface area contributed by atoms with E-state index in [-0.39, 0.29) is 0 Å². The highest BCUT2D eigenvalue weighted by molar-refractivity contribution is 6.01. The van der Waals surface area contributed by atoms with Crippen LogP contribution in [-0.2, 0) is 6.42 Å². The second-order valence-electron chi connectivity index (χ2n) is 4.39. The molecule has 0 spiro atoms. The lowest BCUT2D eigenvalue weighted by atomic mass is 10.2. The SMILES string of the molecule is c1ccc2c(c1)ncc1[nH]c(Cc3ccon3)nc12. The standard InChI is InChI=1S/C14H10N4O/c1-2-4-11-10(3-1)14-12(8-15-11)16-13(17-14)7-9-5-6-19-18-9/h1-6,8H,7H2,(H,16,17). The third kappa shape index (κ3) is 1.67. The summed E-state index contributed by atoms with van der Waals surface area (Å²) in [5.74, 6) is 0.863. The lowest BCUT2D eigenvalue weighted by Gasteiger charge is -1.95. The van der Waals surface area contributed by atoms with Gasteiger partial charge in [-0.1, -0.05) is 23.4 Å². The first-order chi connectivity index (χ1) is 9.40. The second-order valence-corrected chi connectivity index (χ2v) is 4.39. The van der Waals surface area contributed by atoms with Gasteiger partial charge in [-0.3, -0.25) is 4.98 Å². The third-order valence-corrected chi connectivity index (χ3v) is 3.11. The maximum atomic E-state index is 4.83. The predicted octanol–water partition coefficient (Wildman–Crippen LogP) is 2.69. The van der Waals surface area contributed by atoms with Gasteiger partial charge in [-0.05, 0) is 6.07 Å². The number of hydrogen-bond donors (Lipinski definition) is 1. The van der Waals surface area contributed by atoms with Crippen LogP contribution in [0.4, 0.5) is 0 Å². The molecule has 0 amide bonds. The largest absolute Gasteiger partial charge is 0.364 e. The van der Waals surface area contributed by atoms with Crippen LogP contribution in [0.5, 0.6) is 0 Å². The number of rotatable bonds is 2. The summed E-state index contributed by atoms with van der Waals surface area (Å²) in [6.07, 6.45) is 4.01. The highest BCUT2D eigenvalue weighted by atomic mass is 16.5. The molecular weight excluding hydrogens is 240 g/mol. The molecule has 3 heterocycles. The van der Waals surface area contributed by atoms with Gasteiger partial charge in [-0.25, -0.2) is 4.98 Å². The first-order valence-corrected chi connectivity index (χ1v) is 6.02. The average Bonchev–Trinajstić information content (AvgIpc) is 3.08. The Morgan fingerprint density at radius 2 is 2.11 bits per heavy atom. The van der Waals surface area contributed by atoms with Crippen LogP contribution in [0.3, 0.4) is 0 Å². The highest BCUT2D eigenvalue weighted by Crippen LogP contribution is 2.21. The Morgan fingerprint density at radius 3 is 3.00 bits per heavy atom. The molecule has 0 atom stereocenters. The Bertz CT molecular complexity index is 848. The van der Waals surface area contributed by atoms with Crippen molar-refractivity contribution in [1.29, 1.82) is 0 Å². The normalized spacial score (nSPS) is 11.4. The molecular formula is C14H10N4O. The first kappa shape index (κ1) is 10.3. The van der Waals surface area contributed by atoms with Crippen LogP contribution >= 0.6 is 0 Å². The Hall–Kier alpha value is -2.69.